The molecule has 0 rings (SSSR count). The maximum atomic E-state index is 11.2. The monoisotopic (exact) mass is 236 g/mol. The first-order valence-electron chi connectivity index (χ1n) is 4.94. The van der Waals surface area contributed by atoms with Crippen molar-refractivity contribution < 1.29 is 13.2 Å². The van der Waals surface area contributed by atoms with E-state index in [1.807, 2.05) is 14.0 Å². The highest BCUT2D eigenvalue weighted by Crippen LogP contribution is 1.92. The molecule has 0 aromatic carbocycles. The van der Waals surface area contributed by atoms with Gasteiger partial charge in [-0.1, -0.05) is 6.92 Å². The molecule has 0 heterocycles. The van der Waals surface area contributed by atoms with Crippen molar-refractivity contribution >= 4 is 15.7 Å². The Morgan fingerprint density at radius 2 is 1.93 bits per heavy atom. The summed E-state index contributed by atoms with van der Waals surface area (Å²) in [4.78, 5) is 11.2. The van der Waals surface area contributed by atoms with Gasteiger partial charge in [-0.05, 0) is 19.5 Å². The van der Waals surface area contributed by atoms with Crippen LogP contribution in [0.2, 0.25) is 0 Å². The van der Waals surface area contributed by atoms with Gasteiger partial charge in [0, 0.05) is 19.2 Å². The van der Waals surface area contributed by atoms with E-state index < -0.39 is 9.84 Å². The third-order valence-corrected chi connectivity index (χ3v) is 2.85. The van der Waals surface area contributed by atoms with Crippen molar-refractivity contribution in [2.24, 2.45) is 5.92 Å². The number of hydrogen-bond acceptors (Lipinski definition) is 4. The minimum atomic E-state index is -3.04. The zero-order chi connectivity index (χ0) is 11.9. The average Bonchev–Trinajstić information content (AvgIpc) is 2.11. The number of sulfone groups is 1. The van der Waals surface area contributed by atoms with Crippen LogP contribution in [0.1, 0.15) is 13.3 Å². The summed E-state index contributed by atoms with van der Waals surface area (Å²) < 4.78 is 21.6. The molecule has 0 aliphatic rings. The first-order chi connectivity index (χ1) is 6.85. The molecule has 1 atom stereocenters. The molecule has 0 saturated heterocycles. The summed E-state index contributed by atoms with van der Waals surface area (Å²) in [7, 11) is -1.19. The Hall–Kier alpha value is -0.620. The van der Waals surface area contributed by atoms with Crippen LogP contribution in [0.25, 0.3) is 0 Å². The molecule has 0 aliphatic heterocycles. The molecule has 6 heteroatoms. The van der Waals surface area contributed by atoms with Crippen LogP contribution in [0.4, 0.5) is 0 Å². The number of carbonyl (C=O) groups excluding carboxylic acids is 1. The van der Waals surface area contributed by atoms with Gasteiger partial charge < -0.3 is 10.6 Å². The van der Waals surface area contributed by atoms with Crippen LogP contribution in [0.5, 0.6) is 0 Å². The highest BCUT2D eigenvalue weighted by molar-refractivity contribution is 7.90. The second-order valence-corrected chi connectivity index (χ2v) is 6.11. The molecule has 0 bridgehead atoms. The molecule has 0 aromatic rings. The Morgan fingerprint density at radius 1 is 1.33 bits per heavy atom. The first kappa shape index (κ1) is 14.4. The van der Waals surface area contributed by atoms with Gasteiger partial charge in [0.25, 0.3) is 0 Å². The Labute approximate surface area is 91.5 Å². The predicted molar refractivity (Wildman–Crippen MR) is 60.4 cm³/mol. The van der Waals surface area contributed by atoms with E-state index in [0.717, 1.165) is 12.8 Å². The molecule has 5 nitrogen and oxygen atoms in total. The molecule has 1 amide bonds. The van der Waals surface area contributed by atoms with E-state index in [4.69, 9.17) is 0 Å². The Kier molecular flexibility index (Phi) is 6.51. The molecule has 0 spiro atoms. The lowest BCUT2D eigenvalue weighted by atomic mass is 10.2. The summed E-state index contributed by atoms with van der Waals surface area (Å²) in [5.74, 6) is 0.0553. The third-order valence-electron chi connectivity index (χ3n) is 1.90. The zero-order valence-electron chi connectivity index (χ0n) is 9.54. The highest BCUT2D eigenvalue weighted by Gasteiger charge is 2.08. The SMILES string of the molecule is CNCC(C)CNC(=O)CCS(C)(=O)=O. The lowest BCUT2D eigenvalue weighted by molar-refractivity contribution is -0.120. The fourth-order valence-electron chi connectivity index (χ4n) is 1.08. The summed E-state index contributed by atoms with van der Waals surface area (Å²) in [6.07, 6.45) is 1.18. The molecule has 0 saturated carbocycles. The van der Waals surface area contributed by atoms with Crippen LogP contribution in [-0.4, -0.2) is 46.5 Å². The van der Waals surface area contributed by atoms with E-state index >= 15 is 0 Å². The van der Waals surface area contributed by atoms with Gasteiger partial charge in [-0.15, -0.1) is 0 Å². The fraction of sp³-hybridized carbons (Fsp3) is 0.889. The number of amides is 1. The topological polar surface area (TPSA) is 75.3 Å². The lowest BCUT2D eigenvalue weighted by Crippen LogP contribution is -2.32. The second kappa shape index (κ2) is 6.79. The number of rotatable bonds is 7. The van der Waals surface area contributed by atoms with Crippen LogP contribution >= 0.6 is 0 Å². The van der Waals surface area contributed by atoms with Crippen LogP contribution in [0, 0.1) is 5.92 Å². The number of carbonyl (C=O) groups is 1. The van der Waals surface area contributed by atoms with Crippen molar-refractivity contribution in [3.8, 4) is 0 Å². The zero-order valence-corrected chi connectivity index (χ0v) is 10.4. The second-order valence-electron chi connectivity index (χ2n) is 3.85. The van der Waals surface area contributed by atoms with E-state index in [0.29, 0.717) is 12.5 Å². The van der Waals surface area contributed by atoms with E-state index in [1.54, 1.807) is 0 Å². The Balaban J connectivity index is 3.67. The molecule has 0 fully saturated rings. The molecular weight excluding hydrogens is 216 g/mol. The van der Waals surface area contributed by atoms with Crippen LogP contribution < -0.4 is 10.6 Å². The normalized spacial score (nSPS) is 13.5. The van der Waals surface area contributed by atoms with Gasteiger partial charge in [0.15, 0.2) is 0 Å². The maximum Gasteiger partial charge on any atom is 0.221 e. The maximum absolute atomic E-state index is 11.2. The quantitative estimate of drug-likeness (QED) is 0.618. The van der Waals surface area contributed by atoms with Gasteiger partial charge in [-0.3, -0.25) is 4.79 Å². The van der Waals surface area contributed by atoms with E-state index in [-0.39, 0.29) is 18.1 Å². The van der Waals surface area contributed by atoms with Crippen molar-refractivity contribution in [3.05, 3.63) is 0 Å². The van der Waals surface area contributed by atoms with Crippen LogP contribution in [-0.2, 0) is 14.6 Å². The van der Waals surface area contributed by atoms with Gasteiger partial charge in [0.05, 0.1) is 5.75 Å². The molecular formula is C9H20N2O3S. The van der Waals surface area contributed by atoms with Crippen molar-refractivity contribution in [1.29, 1.82) is 0 Å². The lowest BCUT2D eigenvalue weighted by Gasteiger charge is -2.11. The minimum absolute atomic E-state index is 0.0467. The standard InChI is InChI=1S/C9H20N2O3S/c1-8(6-10-2)7-11-9(12)4-5-15(3,13)14/h8,10H,4-7H2,1-3H3,(H,11,12). The summed E-state index contributed by atoms with van der Waals surface area (Å²) in [5.41, 5.74) is 0. The summed E-state index contributed by atoms with van der Waals surface area (Å²) in [6, 6.07) is 0. The van der Waals surface area contributed by atoms with Gasteiger partial charge in [0.1, 0.15) is 9.84 Å². The summed E-state index contributed by atoms with van der Waals surface area (Å²) >= 11 is 0. The van der Waals surface area contributed by atoms with Crippen molar-refractivity contribution in [2.75, 3.05) is 32.1 Å². The number of hydrogen-bond donors (Lipinski definition) is 2. The smallest absolute Gasteiger partial charge is 0.221 e. The minimum Gasteiger partial charge on any atom is -0.356 e. The fourth-order valence-corrected chi connectivity index (χ4v) is 1.63. The molecule has 0 aliphatic carbocycles. The average molecular weight is 236 g/mol. The van der Waals surface area contributed by atoms with Crippen molar-refractivity contribution in [3.63, 3.8) is 0 Å². The highest BCUT2D eigenvalue weighted by atomic mass is 32.2. The van der Waals surface area contributed by atoms with E-state index in [9.17, 15) is 13.2 Å². The van der Waals surface area contributed by atoms with Crippen molar-refractivity contribution in [1.82, 2.24) is 10.6 Å². The first-order valence-corrected chi connectivity index (χ1v) is 7.00. The van der Waals surface area contributed by atoms with Gasteiger partial charge in [-0.25, -0.2) is 8.42 Å². The summed E-state index contributed by atoms with van der Waals surface area (Å²) in [6.45, 7) is 3.41. The molecule has 0 radical (unpaired) electrons. The van der Waals surface area contributed by atoms with Crippen LogP contribution in [0.15, 0.2) is 0 Å². The summed E-state index contributed by atoms with van der Waals surface area (Å²) in [5, 5.41) is 5.70. The van der Waals surface area contributed by atoms with Gasteiger partial charge in [0.2, 0.25) is 5.91 Å². The van der Waals surface area contributed by atoms with Crippen LogP contribution in [0.3, 0.4) is 0 Å². The number of nitrogens with one attached hydrogen (secondary N) is 2. The third kappa shape index (κ3) is 9.68. The Bertz CT molecular complexity index is 288. The molecule has 0 aromatic heterocycles. The molecule has 1 unspecified atom stereocenters. The van der Waals surface area contributed by atoms with Gasteiger partial charge in [-0.2, -0.15) is 0 Å². The van der Waals surface area contributed by atoms with Crippen molar-refractivity contribution in [2.45, 2.75) is 13.3 Å². The predicted octanol–water partition coefficient (Wildman–Crippen LogP) is -0.607. The largest absolute Gasteiger partial charge is 0.356 e. The Morgan fingerprint density at radius 3 is 2.40 bits per heavy atom. The molecule has 15 heavy (non-hydrogen) atoms. The van der Waals surface area contributed by atoms with Gasteiger partial charge >= 0.3 is 0 Å². The molecule has 90 valence electrons. The van der Waals surface area contributed by atoms with E-state index in [1.165, 1.54) is 0 Å². The van der Waals surface area contributed by atoms with E-state index in [2.05, 4.69) is 10.6 Å². The molecule has 2 N–H and O–H groups in total.